The van der Waals surface area contributed by atoms with Crippen LogP contribution in [0.3, 0.4) is 0 Å². The monoisotopic (exact) mass is 375 g/mol. The van der Waals surface area contributed by atoms with Crippen molar-refractivity contribution in [1.82, 2.24) is 10.6 Å². The minimum Gasteiger partial charge on any atom is -0.370 e. The molecule has 7 heteroatoms. The fourth-order valence-electron chi connectivity index (χ4n) is 2.69. The van der Waals surface area contributed by atoms with Crippen molar-refractivity contribution < 1.29 is 18.4 Å². The van der Waals surface area contributed by atoms with Crippen molar-refractivity contribution in [1.29, 1.82) is 0 Å². The van der Waals surface area contributed by atoms with Crippen molar-refractivity contribution >= 4 is 17.5 Å². The zero-order chi connectivity index (χ0) is 19.8. The van der Waals surface area contributed by atoms with Gasteiger partial charge in [-0.2, -0.15) is 0 Å². The number of hydrogen-bond donors (Lipinski definition) is 2. The number of halogens is 2. The van der Waals surface area contributed by atoms with Crippen molar-refractivity contribution in [3.8, 4) is 0 Å². The van der Waals surface area contributed by atoms with Gasteiger partial charge in [0.05, 0.1) is 12.1 Å². The van der Waals surface area contributed by atoms with Crippen LogP contribution >= 0.6 is 0 Å². The lowest BCUT2D eigenvalue weighted by molar-refractivity contribution is -0.120. The number of anilines is 1. The average molecular weight is 375 g/mol. The topological polar surface area (TPSA) is 61.4 Å². The first-order valence-electron chi connectivity index (χ1n) is 8.73. The van der Waals surface area contributed by atoms with Gasteiger partial charge in [0.1, 0.15) is 11.6 Å². The van der Waals surface area contributed by atoms with E-state index in [4.69, 9.17) is 0 Å². The molecule has 0 fully saturated rings. The van der Waals surface area contributed by atoms with Gasteiger partial charge in [-0.1, -0.05) is 18.2 Å². The van der Waals surface area contributed by atoms with Crippen molar-refractivity contribution in [3.05, 3.63) is 65.2 Å². The van der Waals surface area contributed by atoms with Crippen molar-refractivity contribution in [2.24, 2.45) is 0 Å². The van der Waals surface area contributed by atoms with Gasteiger partial charge in [0.15, 0.2) is 0 Å². The second-order valence-electron chi connectivity index (χ2n) is 6.02. The maximum absolute atomic E-state index is 13.5. The molecular formula is C20H23F2N3O2. The van der Waals surface area contributed by atoms with E-state index < -0.39 is 17.5 Å². The van der Waals surface area contributed by atoms with E-state index in [1.807, 2.05) is 38.1 Å². The summed E-state index contributed by atoms with van der Waals surface area (Å²) in [5, 5.41) is 5.04. The first kappa shape index (κ1) is 20.4. The number of nitrogens with zero attached hydrogens (tertiary/aromatic N) is 1. The third-order valence-electron chi connectivity index (χ3n) is 4.13. The number of para-hydroxylation sites is 1. The average Bonchev–Trinajstić information content (AvgIpc) is 2.64. The van der Waals surface area contributed by atoms with Gasteiger partial charge in [-0.3, -0.25) is 9.59 Å². The second kappa shape index (κ2) is 9.66. The quantitative estimate of drug-likeness (QED) is 0.746. The lowest BCUT2D eigenvalue weighted by atomic mass is 10.2. The summed E-state index contributed by atoms with van der Waals surface area (Å²) < 4.78 is 26.4. The molecule has 0 heterocycles. The van der Waals surface area contributed by atoms with Gasteiger partial charge >= 0.3 is 0 Å². The van der Waals surface area contributed by atoms with Crippen LogP contribution in [-0.4, -0.2) is 38.0 Å². The summed E-state index contributed by atoms with van der Waals surface area (Å²) >= 11 is 0. The number of carbonyl (C=O) groups excluding carboxylic acids is 2. The van der Waals surface area contributed by atoms with Gasteiger partial charge in [0.25, 0.3) is 5.91 Å². The molecule has 0 saturated carbocycles. The van der Waals surface area contributed by atoms with Gasteiger partial charge in [-0.05, 0) is 37.6 Å². The zero-order valence-electron chi connectivity index (χ0n) is 15.4. The summed E-state index contributed by atoms with van der Waals surface area (Å²) in [5.74, 6) is -2.88. The van der Waals surface area contributed by atoms with Crippen LogP contribution < -0.4 is 15.5 Å². The zero-order valence-corrected chi connectivity index (χ0v) is 15.4. The van der Waals surface area contributed by atoms with Crippen LogP contribution in [0.25, 0.3) is 0 Å². The van der Waals surface area contributed by atoms with Crippen molar-refractivity contribution in [2.75, 3.05) is 31.1 Å². The van der Waals surface area contributed by atoms with E-state index in [0.717, 1.165) is 29.9 Å². The van der Waals surface area contributed by atoms with E-state index in [1.165, 1.54) is 0 Å². The lowest BCUT2D eigenvalue weighted by Crippen LogP contribution is -2.40. The predicted molar refractivity (Wildman–Crippen MR) is 101 cm³/mol. The molecule has 0 bridgehead atoms. The summed E-state index contributed by atoms with van der Waals surface area (Å²) in [5.41, 5.74) is 1.95. The maximum Gasteiger partial charge on any atom is 0.254 e. The van der Waals surface area contributed by atoms with Crippen LogP contribution in [0.5, 0.6) is 0 Å². The maximum atomic E-state index is 13.5. The first-order valence-corrected chi connectivity index (χ1v) is 8.73. The van der Waals surface area contributed by atoms with Gasteiger partial charge in [-0.25, -0.2) is 8.78 Å². The SMILES string of the molecule is CCN(CCNC(=O)CNC(=O)c1ccc(F)cc1F)c1ccccc1C. The number of aryl methyl sites for hydroxylation is 1. The van der Waals surface area contributed by atoms with E-state index in [0.29, 0.717) is 19.2 Å². The second-order valence-corrected chi connectivity index (χ2v) is 6.02. The summed E-state index contributed by atoms with van der Waals surface area (Å²) in [4.78, 5) is 25.9. The Hall–Kier alpha value is -2.96. The van der Waals surface area contributed by atoms with Crippen LogP contribution in [0.15, 0.2) is 42.5 Å². The minimum absolute atomic E-state index is 0.286. The fraction of sp³-hybridized carbons (Fsp3) is 0.300. The van der Waals surface area contributed by atoms with E-state index in [9.17, 15) is 18.4 Å². The molecule has 2 aromatic rings. The summed E-state index contributed by atoms with van der Waals surface area (Å²) in [7, 11) is 0. The Morgan fingerprint density at radius 3 is 2.48 bits per heavy atom. The standard InChI is InChI=1S/C20H23F2N3O2/c1-3-25(18-7-5-4-6-14(18)2)11-10-23-19(26)13-24-20(27)16-9-8-15(21)12-17(16)22/h4-9,12H,3,10-11,13H2,1-2H3,(H,23,26)(H,24,27). The Bertz CT molecular complexity index is 812. The molecule has 2 amide bonds. The fourth-order valence-corrected chi connectivity index (χ4v) is 2.69. The normalized spacial score (nSPS) is 10.4. The molecule has 2 N–H and O–H groups in total. The molecule has 0 aliphatic rings. The van der Waals surface area contributed by atoms with E-state index >= 15 is 0 Å². The Labute approximate surface area is 157 Å². The molecule has 144 valence electrons. The molecule has 27 heavy (non-hydrogen) atoms. The van der Waals surface area contributed by atoms with E-state index in [-0.39, 0.29) is 18.0 Å². The molecule has 0 aromatic heterocycles. The molecule has 0 saturated heterocycles. The van der Waals surface area contributed by atoms with Gasteiger partial charge < -0.3 is 15.5 Å². The molecule has 5 nitrogen and oxygen atoms in total. The number of nitrogens with one attached hydrogen (secondary N) is 2. The summed E-state index contributed by atoms with van der Waals surface area (Å²) in [6.45, 7) is 5.59. The molecule has 0 aliphatic carbocycles. The Balaban J connectivity index is 1.79. The Morgan fingerprint density at radius 1 is 1.07 bits per heavy atom. The third-order valence-corrected chi connectivity index (χ3v) is 4.13. The minimum atomic E-state index is -0.968. The summed E-state index contributed by atoms with van der Waals surface area (Å²) in [6.07, 6.45) is 0. The first-order chi connectivity index (χ1) is 12.9. The predicted octanol–water partition coefficient (Wildman–Crippen LogP) is 2.65. The number of hydrogen-bond acceptors (Lipinski definition) is 3. The van der Waals surface area contributed by atoms with Gasteiger partial charge in [0.2, 0.25) is 5.91 Å². The highest BCUT2D eigenvalue weighted by molar-refractivity contribution is 5.96. The molecular weight excluding hydrogens is 352 g/mol. The number of amides is 2. The number of benzene rings is 2. The van der Waals surface area contributed by atoms with Crippen LogP contribution in [0.1, 0.15) is 22.8 Å². The number of rotatable bonds is 8. The van der Waals surface area contributed by atoms with Crippen molar-refractivity contribution in [3.63, 3.8) is 0 Å². The van der Waals surface area contributed by atoms with E-state index in [1.54, 1.807) is 0 Å². The van der Waals surface area contributed by atoms with Crippen LogP contribution in [-0.2, 0) is 4.79 Å². The third kappa shape index (κ3) is 5.77. The highest BCUT2D eigenvalue weighted by Crippen LogP contribution is 2.18. The largest absolute Gasteiger partial charge is 0.370 e. The van der Waals surface area contributed by atoms with Crippen molar-refractivity contribution in [2.45, 2.75) is 13.8 Å². The van der Waals surface area contributed by atoms with Crippen LogP contribution in [0, 0.1) is 18.6 Å². The summed E-state index contributed by atoms with van der Waals surface area (Å²) in [6, 6.07) is 10.6. The Kier molecular flexibility index (Phi) is 7.28. The highest BCUT2D eigenvalue weighted by atomic mass is 19.1. The molecule has 0 spiro atoms. The molecule has 2 rings (SSSR count). The van der Waals surface area contributed by atoms with Crippen LogP contribution in [0.2, 0.25) is 0 Å². The lowest BCUT2D eigenvalue weighted by Gasteiger charge is -2.25. The molecule has 0 unspecified atom stereocenters. The molecule has 0 atom stereocenters. The van der Waals surface area contributed by atoms with Crippen LogP contribution in [0.4, 0.5) is 14.5 Å². The highest BCUT2D eigenvalue weighted by Gasteiger charge is 2.13. The van der Waals surface area contributed by atoms with E-state index in [2.05, 4.69) is 15.5 Å². The Morgan fingerprint density at radius 2 is 1.81 bits per heavy atom. The molecule has 2 aromatic carbocycles. The smallest absolute Gasteiger partial charge is 0.254 e. The number of carbonyl (C=O) groups is 2. The molecule has 0 aliphatic heterocycles. The van der Waals surface area contributed by atoms with Gasteiger partial charge in [-0.15, -0.1) is 0 Å². The molecule has 0 radical (unpaired) electrons. The number of likely N-dealkylation sites (N-methyl/N-ethyl adjacent to an activating group) is 1. The van der Waals surface area contributed by atoms with Gasteiger partial charge in [0, 0.05) is 31.4 Å².